The van der Waals surface area contributed by atoms with Crippen molar-refractivity contribution in [1.82, 2.24) is 14.8 Å². The van der Waals surface area contributed by atoms with Crippen molar-refractivity contribution < 1.29 is 5.11 Å². The molecule has 1 fully saturated rings. The quantitative estimate of drug-likeness (QED) is 0.827. The maximum absolute atomic E-state index is 9.30. The van der Waals surface area contributed by atoms with Gasteiger partial charge in [-0.3, -0.25) is 0 Å². The predicted molar refractivity (Wildman–Crippen MR) is 65.7 cm³/mol. The molecule has 5 heteroatoms. The van der Waals surface area contributed by atoms with Crippen LogP contribution in [0.3, 0.4) is 0 Å². The molecule has 3 N–H and O–H groups in total. The number of rotatable bonds is 3. The lowest BCUT2D eigenvalue weighted by atomic mass is 9.86. The molecular formula is C12H22N4O. The predicted octanol–water partition coefficient (Wildman–Crippen LogP) is 1.12. The molecule has 1 aliphatic carbocycles. The first-order valence-corrected chi connectivity index (χ1v) is 6.41. The summed E-state index contributed by atoms with van der Waals surface area (Å²) in [6.45, 7) is 4.06. The summed E-state index contributed by atoms with van der Waals surface area (Å²) in [6.07, 6.45) is 4.28. The Morgan fingerprint density at radius 2 is 2.00 bits per heavy atom. The number of aliphatic hydroxyl groups excluding tert-OH is 1. The second kappa shape index (κ2) is 5.14. The van der Waals surface area contributed by atoms with Crippen LogP contribution in [0.1, 0.15) is 56.2 Å². The molecule has 0 amide bonds. The van der Waals surface area contributed by atoms with Gasteiger partial charge in [0, 0.05) is 12.0 Å². The van der Waals surface area contributed by atoms with Crippen molar-refractivity contribution in [2.75, 3.05) is 6.61 Å². The van der Waals surface area contributed by atoms with E-state index in [1.807, 2.05) is 13.8 Å². The molecule has 0 saturated heterocycles. The summed E-state index contributed by atoms with van der Waals surface area (Å²) in [5.74, 6) is 2.36. The Morgan fingerprint density at radius 3 is 2.59 bits per heavy atom. The van der Waals surface area contributed by atoms with Gasteiger partial charge in [-0.05, 0) is 39.5 Å². The van der Waals surface area contributed by atoms with Gasteiger partial charge in [-0.1, -0.05) is 0 Å². The standard InChI is InChI=1S/C12H22N4O/c1-8(7-17)16-9(2)14-15-12(16)10-3-5-11(13)6-4-10/h8,10-11,17H,3-7,13H2,1-2H3. The third-order valence-corrected chi connectivity index (χ3v) is 3.73. The van der Waals surface area contributed by atoms with E-state index in [1.165, 1.54) is 0 Å². The number of aryl methyl sites for hydroxylation is 1. The third kappa shape index (κ3) is 2.50. The average Bonchev–Trinajstić information content (AvgIpc) is 2.71. The number of nitrogens with two attached hydrogens (primary N) is 1. The first-order valence-electron chi connectivity index (χ1n) is 6.41. The first-order chi connectivity index (χ1) is 8.13. The molecule has 0 bridgehead atoms. The van der Waals surface area contributed by atoms with Crippen LogP contribution in [0, 0.1) is 6.92 Å². The Balaban J connectivity index is 2.20. The van der Waals surface area contributed by atoms with Crippen molar-refractivity contribution in [3.8, 4) is 0 Å². The summed E-state index contributed by atoms with van der Waals surface area (Å²) in [5, 5.41) is 17.7. The largest absolute Gasteiger partial charge is 0.394 e. The fraction of sp³-hybridized carbons (Fsp3) is 0.833. The van der Waals surface area contributed by atoms with Crippen LogP contribution in [0.15, 0.2) is 0 Å². The highest BCUT2D eigenvalue weighted by Crippen LogP contribution is 2.32. The average molecular weight is 238 g/mol. The summed E-state index contributed by atoms with van der Waals surface area (Å²) < 4.78 is 2.07. The molecule has 0 spiro atoms. The van der Waals surface area contributed by atoms with Gasteiger partial charge >= 0.3 is 0 Å². The summed E-state index contributed by atoms with van der Waals surface area (Å²) in [5.41, 5.74) is 5.92. The molecule has 0 aromatic carbocycles. The summed E-state index contributed by atoms with van der Waals surface area (Å²) in [6, 6.07) is 0.398. The highest BCUT2D eigenvalue weighted by atomic mass is 16.3. The second-order valence-electron chi connectivity index (χ2n) is 5.12. The molecule has 0 aliphatic heterocycles. The zero-order valence-electron chi connectivity index (χ0n) is 10.6. The van der Waals surface area contributed by atoms with E-state index in [1.54, 1.807) is 0 Å². The minimum absolute atomic E-state index is 0.0515. The van der Waals surface area contributed by atoms with Crippen LogP contribution in [0.4, 0.5) is 0 Å². The van der Waals surface area contributed by atoms with Crippen LogP contribution >= 0.6 is 0 Å². The Bertz CT molecular complexity index is 369. The van der Waals surface area contributed by atoms with E-state index in [4.69, 9.17) is 5.73 Å². The maximum Gasteiger partial charge on any atom is 0.136 e. The van der Waals surface area contributed by atoms with Crippen LogP contribution in [0.2, 0.25) is 0 Å². The lowest BCUT2D eigenvalue weighted by Crippen LogP contribution is -2.27. The van der Waals surface area contributed by atoms with Gasteiger partial charge < -0.3 is 15.4 Å². The van der Waals surface area contributed by atoms with Gasteiger partial charge in [0.25, 0.3) is 0 Å². The van der Waals surface area contributed by atoms with E-state index < -0.39 is 0 Å². The van der Waals surface area contributed by atoms with Crippen LogP contribution in [0.5, 0.6) is 0 Å². The summed E-state index contributed by atoms with van der Waals surface area (Å²) in [4.78, 5) is 0. The normalized spacial score (nSPS) is 27.1. The van der Waals surface area contributed by atoms with Gasteiger partial charge in [0.05, 0.1) is 12.6 Å². The van der Waals surface area contributed by atoms with Gasteiger partial charge in [0.2, 0.25) is 0 Å². The van der Waals surface area contributed by atoms with E-state index in [-0.39, 0.29) is 12.6 Å². The Morgan fingerprint density at radius 1 is 1.35 bits per heavy atom. The van der Waals surface area contributed by atoms with Gasteiger partial charge in [0.1, 0.15) is 11.6 Å². The molecule has 96 valence electrons. The monoisotopic (exact) mass is 238 g/mol. The highest BCUT2D eigenvalue weighted by Gasteiger charge is 2.26. The molecule has 17 heavy (non-hydrogen) atoms. The molecule has 1 atom stereocenters. The third-order valence-electron chi connectivity index (χ3n) is 3.73. The fourth-order valence-corrected chi connectivity index (χ4v) is 2.67. The SMILES string of the molecule is Cc1nnc(C2CCC(N)CC2)n1C(C)CO. The Kier molecular flexibility index (Phi) is 3.79. The lowest BCUT2D eigenvalue weighted by Gasteiger charge is -2.27. The second-order valence-corrected chi connectivity index (χ2v) is 5.12. The smallest absolute Gasteiger partial charge is 0.136 e. The molecule has 1 saturated carbocycles. The number of aliphatic hydroxyl groups is 1. The lowest BCUT2D eigenvalue weighted by molar-refractivity contribution is 0.230. The zero-order chi connectivity index (χ0) is 12.4. The maximum atomic E-state index is 9.30. The molecule has 1 heterocycles. The molecule has 1 aromatic heterocycles. The molecule has 1 unspecified atom stereocenters. The molecule has 0 radical (unpaired) electrons. The molecule has 2 rings (SSSR count). The topological polar surface area (TPSA) is 77.0 Å². The Hall–Kier alpha value is -0.940. The first kappa shape index (κ1) is 12.5. The fourth-order valence-electron chi connectivity index (χ4n) is 2.67. The number of hydrogen-bond donors (Lipinski definition) is 2. The minimum atomic E-state index is 0.0515. The van der Waals surface area contributed by atoms with Crippen molar-refractivity contribution in [2.24, 2.45) is 5.73 Å². The van der Waals surface area contributed by atoms with E-state index in [0.717, 1.165) is 37.3 Å². The number of hydrogen-bond acceptors (Lipinski definition) is 4. The van der Waals surface area contributed by atoms with Crippen molar-refractivity contribution >= 4 is 0 Å². The van der Waals surface area contributed by atoms with Crippen LogP contribution in [-0.4, -0.2) is 32.5 Å². The number of aromatic nitrogens is 3. The van der Waals surface area contributed by atoms with Crippen molar-refractivity contribution in [1.29, 1.82) is 0 Å². The minimum Gasteiger partial charge on any atom is -0.394 e. The van der Waals surface area contributed by atoms with E-state index in [0.29, 0.717) is 12.0 Å². The highest BCUT2D eigenvalue weighted by molar-refractivity contribution is 5.05. The van der Waals surface area contributed by atoms with Crippen molar-refractivity contribution in [3.05, 3.63) is 11.6 Å². The number of nitrogens with zero attached hydrogens (tertiary/aromatic N) is 3. The van der Waals surface area contributed by atoms with Crippen molar-refractivity contribution in [2.45, 2.75) is 57.5 Å². The van der Waals surface area contributed by atoms with Crippen LogP contribution in [-0.2, 0) is 0 Å². The van der Waals surface area contributed by atoms with Gasteiger partial charge in [-0.25, -0.2) is 0 Å². The van der Waals surface area contributed by atoms with Gasteiger partial charge in [-0.2, -0.15) is 0 Å². The van der Waals surface area contributed by atoms with E-state index in [9.17, 15) is 5.11 Å². The molecule has 1 aromatic rings. The van der Waals surface area contributed by atoms with Crippen LogP contribution < -0.4 is 5.73 Å². The summed E-state index contributed by atoms with van der Waals surface area (Å²) in [7, 11) is 0. The van der Waals surface area contributed by atoms with E-state index in [2.05, 4.69) is 14.8 Å². The van der Waals surface area contributed by atoms with Gasteiger partial charge in [0.15, 0.2) is 0 Å². The van der Waals surface area contributed by atoms with Crippen LogP contribution in [0.25, 0.3) is 0 Å². The molecular weight excluding hydrogens is 216 g/mol. The zero-order valence-corrected chi connectivity index (χ0v) is 10.6. The van der Waals surface area contributed by atoms with Crippen molar-refractivity contribution in [3.63, 3.8) is 0 Å². The van der Waals surface area contributed by atoms with E-state index >= 15 is 0 Å². The molecule has 1 aliphatic rings. The summed E-state index contributed by atoms with van der Waals surface area (Å²) >= 11 is 0. The Labute approximate surface area is 102 Å². The molecule has 5 nitrogen and oxygen atoms in total. The van der Waals surface area contributed by atoms with Gasteiger partial charge in [-0.15, -0.1) is 10.2 Å².